The molecule has 6 heteroatoms. The highest BCUT2D eigenvalue weighted by molar-refractivity contribution is 5.96. The molecule has 1 aromatic carbocycles. The summed E-state index contributed by atoms with van der Waals surface area (Å²) in [6, 6.07) is 13.0. The Labute approximate surface area is 170 Å². The van der Waals surface area contributed by atoms with Gasteiger partial charge in [-0.05, 0) is 50.2 Å². The molecule has 0 unspecified atom stereocenters. The molecule has 152 valence electrons. The van der Waals surface area contributed by atoms with Gasteiger partial charge in [0.1, 0.15) is 11.1 Å². The monoisotopic (exact) mass is 393 g/mol. The summed E-state index contributed by atoms with van der Waals surface area (Å²) in [5.41, 5.74) is 1.09. The standard InChI is InChI=1S/C23H27N3O3/c1-25-12-8-10-19(25)20(26-13-6-2-3-7-14-26)16-24-22(27)18-15-17-9-4-5-11-21(17)29-23(18)28/h4-5,8-12,15,20H,2-3,6-7,13-14,16H2,1H3,(H,24,27)/t20-/m0/s1. The van der Waals surface area contributed by atoms with E-state index < -0.39 is 11.5 Å². The predicted molar refractivity (Wildman–Crippen MR) is 113 cm³/mol. The van der Waals surface area contributed by atoms with Crippen molar-refractivity contribution in [1.82, 2.24) is 14.8 Å². The Balaban J connectivity index is 1.55. The van der Waals surface area contributed by atoms with Crippen molar-refractivity contribution >= 4 is 16.9 Å². The number of benzene rings is 1. The Morgan fingerprint density at radius 1 is 1.10 bits per heavy atom. The maximum Gasteiger partial charge on any atom is 0.349 e. The lowest BCUT2D eigenvalue weighted by atomic mass is 10.1. The van der Waals surface area contributed by atoms with E-state index in [1.807, 2.05) is 31.4 Å². The van der Waals surface area contributed by atoms with Gasteiger partial charge in [-0.15, -0.1) is 0 Å². The second-order valence-electron chi connectivity index (χ2n) is 7.71. The minimum absolute atomic E-state index is 0.0465. The number of carbonyl (C=O) groups excluding carboxylic acids is 1. The number of hydrogen-bond acceptors (Lipinski definition) is 4. The van der Waals surface area contributed by atoms with Gasteiger partial charge in [-0.2, -0.15) is 0 Å². The molecule has 4 rings (SSSR count). The third-order valence-electron chi connectivity index (χ3n) is 5.75. The van der Waals surface area contributed by atoms with Crippen molar-refractivity contribution < 1.29 is 9.21 Å². The summed E-state index contributed by atoms with van der Waals surface area (Å²) in [5.74, 6) is -0.390. The number of para-hydroxylation sites is 1. The molecular weight excluding hydrogens is 366 g/mol. The highest BCUT2D eigenvalue weighted by Gasteiger charge is 2.25. The van der Waals surface area contributed by atoms with E-state index in [0.717, 1.165) is 24.2 Å². The van der Waals surface area contributed by atoms with Crippen LogP contribution in [0, 0.1) is 0 Å². The Morgan fingerprint density at radius 2 is 1.86 bits per heavy atom. The van der Waals surface area contributed by atoms with Gasteiger partial charge in [0.2, 0.25) is 0 Å². The summed E-state index contributed by atoms with van der Waals surface area (Å²) in [7, 11) is 2.03. The molecule has 0 aliphatic carbocycles. The normalized spacial score (nSPS) is 16.4. The third kappa shape index (κ3) is 4.27. The van der Waals surface area contributed by atoms with Gasteiger partial charge in [0, 0.05) is 30.9 Å². The zero-order valence-corrected chi connectivity index (χ0v) is 16.8. The van der Waals surface area contributed by atoms with E-state index in [4.69, 9.17) is 4.42 Å². The van der Waals surface area contributed by atoms with Gasteiger partial charge in [-0.1, -0.05) is 31.0 Å². The fourth-order valence-corrected chi connectivity index (χ4v) is 4.15. The van der Waals surface area contributed by atoms with Crippen molar-refractivity contribution in [2.75, 3.05) is 19.6 Å². The van der Waals surface area contributed by atoms with Crippen molar-refractivity contribution in [2.24, 2.45) is 7.05 Å². The Morgan fingerprint density at radius 3 is 2.59 bits per heavy atom. The van der Waals surface area contributed by atoms with Crippen molar-refractivity contribution in [3.8, 4) is 0 Å². The van der Waals surface area contributed by atoms with Crippen LogP contribution in [0.1, 0.15) is 47.8 Å². The van der Waals surface area contributed by atoms with Gasteiger partial charge in [0.25, 0.3) is 5.91 Å². The van der Waals surface area contributed by atoms with Crippen LogP contribution in [0.15, 0.2) is 57.9 Å². The van der Waals surface area contributed by atoms with E-state index in [-0.39, 0.29) is 11.6 Å². The van der Waals surface area contributed by atoms with Crippen LogP contribution in [-0.4, -0.2) is 35.0 Å². The van der Waals surface area contributed by atoms with E-state index in [9.17, 15) is 9.59 Å². The molecule has 1 amide bonds. The van der Waals surface area contributed by atoms with Crippen molar-refractivity contribution in [1.29, 1.82) is 0 Å². The molecule has 1 atom stereocenters. The van der Waals surface area contributed by atoms with Gasteiger partial charge in [0.15, 0.2) is 0 Å². The summed E-state index contributed by atoms with van der Waals surface area (Å²) >= 11 is 0. The molecule has 6 nitrogen and oxygen atoms in total. The molecule has 0 radical (unpaired) electrons. The van der Waals surface area contributed by atoms with Crippen LogP contribution in [0.4, 0.5) is 0 Å². The van der Waals surface area contributed by atoms with Crippen molar-refractivity contribution in [3.05, 3.63) is 70.3 Å². The fraction of sp³-hybridized carbons (Fsp3) is 0.391. The maximum atomic E-state index is 12.8. The lowest BCUT2D eigenvalue weighted by Gasteiger charge is -2.31. The molecule has 3 heterocycles. The molecule has 0 saturated carbocycles. The van der Waals surface area contributed by atoms with Crippen LogP contribution in [0.3, 0.4) is 0 Å². The van der Waals surface area contributed by atoms with Gasteiger partial charge < -0.3 is 14.3 Å². The molecule has 0 spiro atoms. The van der Waals surface area contributed by atoms with E-state index in [1.165, 1.54) is 25.7 Å². The molecule has 0 bridgehead atoms. The summed E-state index contributed by atoms with van der Waals surface area (Å²) in [6.07, 6.45) is 6.87. The number of nitrogens with zero attached hydrogens (tertiary/aromatic N) is 2. The van der Waals surface area contributed by atoms with Gasteiger partial charge >= 0.3 is 5.63 Å². The molecule has 1 aliphatic heterocycles. The number of aryl methyl sites for hydroxylation is 1. The number of fused-ring (bicyclic) bond motifs is 1. The molecule has 1 saturated heterocycles. The first-order valence-corrected chi connectivity index (χ1v) is 10.3. The highest BCUT2D eigenvalue weighted by Crippen LogP contribution is 2.24. The van der Waals surface area contributed by atoms with Crippen LogP contribution in [0.2, 0.25) is 0 Å². The molecular formula is C23H27N3O3. The number of rotatable bonds is 5. The number of aromatic nitrogens is 1. The lowest BCUT2D eigenvalue weighted by Crippen LogP contribution is -2.40. The quantitative estimate of drug-likeness (QED) is 0.674. The molecule has 1 N–H and O–H groups in total. The summed E-state index contributed by atoms with van der Waals surface area (Å²) in [4.78, 5) is 27.6. The summed E-state index contributed by atoms with van der Waals surface area (Å²) in [6.45, 7) is 2.48. The van der Waals surface area contributed by atoms with E-state index in [0.29, 0.717) is 12.1 Å². The molecule has 1 fully saturated rings. The topological polar surface area (TPSA) is 67.5 Å². The number of nitrogens with one attached hydrogen (secondary N) is 1. The Kier molecular flexibility index (Phi) is 5.81. The largest absolute Gasteiger partial charge is 0.422 e. The number of hydrogen-bond donors (Lipinski definition) is 1. The predicted octanol–water partition coefficient (Wildman–Crippen LogP) is 3.48. The average Bonchev–Trinajstić information content (AvgIpc) is 2.97. The molecule has 1 aliphatic rings. The SMILES string of the molecule is Cn1cccc1[C@H](CNC(=O)c1cc2ccccc2oc1=O)N1CCCCCC1. The maximum absolute atomic E-state index is 12.8. The average molecular weight is 393 g/mol. The van der Waals surface area contributed by atoms with Crippen molar-refractivity contribution in [2.45, 2.75) is 31.7 Å². The lowest BCUT2D eigenvalue weighted by molar-refractivity contribution is 0.0928. The zero-order valence-electron chi connectivity index (χ0n) is 16.8. The molecule has 29 heavy (non-hydrogen) atoms. The number of likely N-dealkylation sites (tertiary alicyclic amines) is 1. The molecule has 2 aromatic heterocycles. The first-order valence-electron chi connectivity index (χ1n) is 10.3. The van der Waals surface area contributed by atoms with E-state index >= 15 is 0 Å². The van der Waals surface area contributed by atoms with E-state index in [1.54, 1.807) is 18.2 Å². The fourth-order valence-electron chi connectivity index (χ4n) is 4.15. The number of amides is 1. The zero-order chi connectivity index (χ0) is 20.2. The van der Waals surface area contributed by atoms with Crippen LogP contribution in [0.5, 0.6) is 0 Å². The highest BCUT2D eigenvalue weighted by atomic mass is 16.4. The number of carbonyl (C=O) groups is 1. The van der Waals surface area contributed by atoms with Crippen LogP contribution >= 0.6 is 0 Å². The summed E-state index contributed by atoms with van der Waals surface area (Å²) < 4.78 is 7.42. The third-order valence-corrected chi connectivity index (χ3v) is 5.75. The smallest absolute Gasteiger partial charge is 0.349 e. The van der Waals surface area contributed by atoms with Crippen molar-refractivity contribution in [3.63, 3.8) is 0 Å². The van der Waals surface area contributed by atoms with Gasteiger partial charge in [-0.3, -0.25) is 9.69 Å². The van der Waals surface area contributed by atoms with Crippen LogP contribution in [0.25, 0.3) is 11.0 Å². The van der Waals surface area contributed by atoms with Crippen LogP contribution < -0.4 is 10.9 Å². The van der Waals surface area contributed by atoms with Crippen LogP contribution in [-0.2, 0) is 7.05 Å². The first kappa shape index (κ1) is 19.5. The summed E-state index contributed by atoms with van der Waals surface area (Å²) in [5, 5.41) is 3.72. The first-order chi connectivity index (χ1) is 14.1. The van der Waals surface area contributed by atoms with E-state index in [2.05, 4.69) is 20.9 Å². The molecule has 3 aromatic rings. The van der Waals surface area contributed by atoms with Gasteiger partial charge in [0.05, 0.1) is 6.04 Å². The Bertz CT molecular complexity index is 1040. The Hall–Kier alpha value is -2.86. The minimum atomic E-state index is -0.605. The minimum Gasteiger partial charge on any atom is -0.422 e. The second kappa shape index (κ2) is 8.66. The van der Waals surface area contributed by atoms with Gasteiger partial charge in [-0.25, -0.2) is 4.79 Å². The second-order valence-corrected chi connectivity index (χ2v) is 7.71.